The second-order valence-electron chi connectivity index (χ2n) is 9.89. The van der Waals surface area contributed by atoms with E-state index in [9.17, 15) is 9.59 Å². The predicted octanol–water partition coefficient (Wildman–Crippen LogP) is 4.42. The normalized spacial score (nSPS) is 23.7. The molecule has 1 aromatic carbocycles. The molecular weight excluding hydrogens is 416 g/mol. The van der Waals surface area contributed by atoms with E-state index in [2.05, 4.69) is 5.32 Å². The van der Waals surface area contributed by atoms with E-state index in [4.69, 9.17) is 9.84 Å². The lowest BCUT2D eigenvalue weighted by atomic mass is 9.93. The van der Waals surface area contributed by atoms with E-state index in [1.54, 1.807) is 9.58 Å². The van der Waals surface area contributed by atoms with Crippen molar-refractivity contribution in [1.82, 2.24) is 15.1 Å². The number of carbonyl (C=O) groups excluding carboxylic acids is 2. The number of nitrogens with one attached hydrogen (secondary N) is 1. The van der Waals surface area contributed by atoms with Crippen LogP contribution in [0, 0.1) is 0 Å². The highest BCUT2D eigenvalue weighted by molar-refractivity contribution is 6.11. The summed E-state index contributed by atoms with van der Waals surface area (Å²) in [5, 5.41) is 8.03. The van der Waals surface area contributed by atoms with Crippen LogP contribution in [0.2, 0.25) is 0 Å². The number of carbonyl (C=O) groups is 2. The number of anilines is 1. The van der Waals surface area contributed by atoms with Crippen LogP contribution in [0.3, 0.4) is 0 Å². The average molecular weight is 451 g/mol. The van der Waals surface area contributed by atoms with Gasteiger partial charge >= 0.3 is 0 Å². The lowest BCUT2D eigenvalue weighted by Crippen LogP contribution is -2.65. The first-order valence-electron chi connectivity index (χ1n) is 12.5. The molecule has 0 saturated heterocycles. The fourth-order valence-electron chi connectivity index (χ4n) is 5.21. The van der Waals surface area contributed by atoms with E-state index in [-0.39, 0.29) is 17.9 Å². The molecule has 1 unspecified atom stereocenters. The zero-order valence-corrected chi connectivity index (χ0v) is 19.7. The summed E-state index contributed by atoms with van der Waals surface area (Å²) in [6.07, 6.45) is 8.95. The van der Waals surface area contributed by atoms with Gasteiger partial charge in [-0.3, -0.25) is 19.2 Å². The first-order valence-corrected chi connectivity index (χ1v) is 12.5. The third-order valence-electron chi connectivity index (χ3n) is 7.25. The summed E-state index contributed by atoms with van der Waals surface area (Å²) in [6, 6.07) is 9.54. The lowest BCUT2D eigenvalue weighted by Gasteiger charge is -2.43. The summed E-state index contributed by atoms with van der Waals surface area (Å²) in [5.74, 6) is 0.909. The molecule has 1 N–H and O–H groups in total. The van der Waals surface area contributed by atoms with Crippen molar-refractivity contribution in [3.63, 3.8) is 0 Å². The molecule has 33 heavy (non-hydrogen) atoms. The van der Waals surface area contributed by atoms with Crippen LogP contribution in [0.25, 0.3) is 0 Å². The van der Waals surface area contributed by atoms with Crippen molar-refractivity contribution < 1.29 is 14.3 Å². The van der Waals surface area contributed by atoms with Crippen LogP contribution in [0.15, 0.2) is 30.3 Å². The highest BCUT2D eigenvalue weighted by Crippen LogP contribution is 2.41. The van der Waals surface area contributed by atoms with Gasteiger partial charge < -0.3 is 10.1 Å². The van der Waals surface area contributed by atoms with Crippen LogP contribution in [0.5, 0.6) is 5.75 Å². The molecule has 5 rings (SSSR count). The Bertz CT molecular complexity index is 1020. The first kappa shape index (κ1) is 22.0. The molecule has 2 heterocycles. The van der Waals surface area contributed by atoms with Crippen LogP contribution in [-0.2, 0) is 11.3 Å². The highest BCUT2D eigenvalue weighted by Gasteiger charge is 2.49. The van der Waals surface area contributed by atoms with Crippen LogP contribution in [0.1, 0.15) is 87.3 Å². The Morgan fingerprint density at radius 2 is 1.82 bits per heavy atom. The van der Waals surface area contributed by atoms with Crippen molar-refractivity contribution in [1.29, 1.82) is 0 Å². The molecule has 7 nitrogen and oxygen atoms in total. The second kappa shape index (κ2) is 8.84. The number of ether oxygens (including phenoxy) is 1. The number of fused-ring (bicyclic) bond motifs is 1. The molecule has 1 atom stereocenters. The van der Waals surface area contributed by atoms with E-state index in [1.807, 2.05) is 44.2 Å². The van der Waals surface area contributed by atoms with Gasteiger partial charge in [-0.2, -0.15) is 5.10 Å². The number of aromatic nitrogens is 2. The minimum absolute atomic E-state index is 0.106. The molecule has 0 spiro atoms. The van der Waals surface area contributed by atoms with E-state index < -0.39 is 5.54 Å². The van der Waals surface area contributed by atoms with Gasteiger partial charge in [0.25, 0.3) is 5.91 Å². The molecule has 176 valence electrons. The minimum Gasteiger partial charge on any atom is -0.494 e. The van der Waals surface area contributed by atoms with Gasteiger partial charge in [0.1, 0.15) is 17.0 Å². The zero-order valence-electron chi connectivity index (χ0n) is 19.7. The Morgan fingerprint density at radius 1 is 1.12 bits per heavy atom. The van der Waals surface area contributed by atoms with E-state index >= 15 is 0 Å². The Morgan fingerprint density at radius 3 is 2.45 bits per heavy atom. The quantitative estimate of drug-likeness (QED) is 0.661. The van der Waals surface area contributed by atoms with Gasteiger partial charge in [0.05, 0.1) is 18.8 Å². The van der Waals surface area contributed by atoms with Crippen molar-refractivity contribution >= 4 is 17.5 Å². The molecular formula is C26H34N4O3. The van der Waals surface area contributed by atoms with E-state index in [1.165, 1.54) is 12.8 Å². The predicted molar refractivity (Wildman–Crippen MR) is 127 cm³/mol. The average Bonchev–Trinajstić information content (AvgIpc) is 3.60. The fourth-order valence-corrected chi connectivity index (χ4v) is 5.21. The molecule has 1 aliphatic heterocycles. The maximum absolute atomic E-state index is 13.8. The van der Waals surface area contributed by atoms with Gasteiger partial charge in [-0.25, -0.2) is 0 Å². The third-order valence-corrected chi connectivity index (χ3v) is 7.25. The maximum Gasteiger partial charge on any atom is 0.277 e. The minimum atomic E-state index is -1.07. The number of rotatable bonds is 6. The van der Waals surface area contributed by atoms with Crippen molar-refractivity contribution in [2.45, 2.75) is 89.3 Å². The van der Waals surface area contributed by atoms with Crippen LogP contribution in [0.4, 0.5) is 5.69 Å². The third kappa shape index (κ3) is 4.25. The standard InChI is InChI=1S/C26H34N4O3/c1-3-33-21-14-12-20(13-15-21)30-24(31)23-16-22(18-10-11-18)28-29(23)17-26(30,2)25(32)27-19-8-6-4-5-7-9-19/h12-16,18-19H,3-11,17H2,1-2H3,(H,27,32). The van der Waals surface area contributed by atoms with Gasteiger partial charge in [0, 0.05) is 17.6 Å². The smallest absolute Gasteiger partial charge is 0.277 e. The summed E-state index contributed by atoms with van der Waals surface area (Å²) >= 11 is 0. The van der Waals surface area contributed by atoms with Crippen LogP contribution in [-0.4, -0.2) is 39.8 Å². The summed E-state index contributed by atoms with van der Waals surface area (Å²) in [7, 11) is 0. The lowest BCUT2D eigenvalue weighted by molar-refractivity contribution is -0.127. The summed E-state index contributed by atoms with van der Waals surface area (Å²) in [4.78, 5) is 29.3. The monoisotopic (exact) mass is 450 g/mol. The number of nitrogens with zero attached hydrogens (tertiary/aromatic N) is 3. The van der Waals surface area contributed by atoms with Crippen molar-refractivity contribution in [3.8, 4) is 5.75 Å². The van der Waals surface area contributed by atoms with Crippen molar-refractivity contribution in [2.75, 3.05) is 11.5 Å². The number of hydrogen-bond donors (Lipinski definition) is 1. The molecule has 1 aromatic heterocycles. The van der Waals surface area contributed by atoms with Gasteiger partial charge in [0.2, 0.25) is 5.91 Å². The first-order chi connectivity index (χ1) is 16.0. The fraction of sp³-hybridized carbons (Fsp3) is 0.577. The molecule has 2 aliphatic carbocycles. The number of amides is 2. The van der Waals surface area contributed by atoms with E-state index in [0.29, 0.717) is 30.5 Å². The van der Waals surface area contributed by atoms with Crippen molar-refractivity contribution in [2.24, 2.45) is 0 Å². The topological polar surface area (TPSA) is 76.5 Å². The Hall–Kier alpha value is -2.83. The molecule has 2 saturated carbocycles. The van der Waals surface area contributed by atoms with Gasteiger partial charge in [-0.05, 0) is 69.9 Å². The molecule has 2 aromatic rings. The van der Waals surface area contributed by atoms with Gasteiger partial charge in [-0.1, -0.05) is 25.7 Å². The molecule has 2 fully saturated rings. The Kier molecular flexibility index (Phi) is 5.89. The number of benzene rings is 1. The Labute approximate surface area is 195 Å². The molecule has 2 amide bonds. The van der Waals surface area contributed by atoms with Gasteiger partial charge in [-0.15, -0.1) is 0 Å². The maximum atomic E-state index is 13.8. The van der Waals surface area contributed by atoms with E-state index in [0.717, 1.165) is 50.0 Å². The Balaban J connectivity index is 1.49. The number of hydrogen-bond acceptors (Lipinski definition) is 4. The molecule has 3 aliphatic rings. The highest BCUT2D eigenvalue weighted by atomic mass is 16.5. The SMILES string of the molecule is CCOc1ccc(N2C(=O)c3cc(C4CC4)nn3CC2(C)C(=O)NC2CCCCCC2)cc1. The summed E-state index contributed by atoms with van der Waals surface area (Å²) in [5.41, 5.74) is 1.16. The molecule has 0 radical (unpaired) electrons. The van der Waals surface area contributed by atoms with Crippen LogP contribution < -0.4 is 15.0 Å². The molecule has 7 heteroatoms. The molecule has 0 bridgehead atoms. The van der Waals surface area contributed by atoms with Gasteiger partial charge in [0.15, 0.2) is 0 Å². The summed E-state index contributed by atoms with van der Waals surface area (Å²) in [6.45, 7) is 4.73. The second-order valence-corrected chi connectivity index (χ2v) is 9.89. The summed E-state index contributed by atoms with van der Waals surface area (Å²) < 4.78 is 7.34. The van der Waals surface area contributed by atoms with Crippen LogP contribution >= 0.6 is 0 Å². The van der Waals surface area contributed by atoms with Crippen molar-refractivity contribution in [3.05, 3.63) is 41.7 Å². The largest absolute Gasteiger partial charge is 0.494 e. The zero-order chi connectivity index (χ0) is 23.0.